The molecule has 154 valence electrons. The number of ether oxygens (including phenoxy) is 1. The van der Waals surface area contributed by atoms with Gasteiger partial charge in [0.2, 0.25) is 0 Å². The fourth-order valence-corrected chi connectivity index (χ4v) is 3.76. The Morgan fingerprint density at radius 2 is 1.29 bits per heavy atom. The van der Waals surface area contributed by atoms with Crippen LogP contribution in [-0.4, -0.2) is 24.4 Å². The first-order chi connectivity index (χ1) is 15.0. The zero-order chi connectivity index (χ0) is 21.8. The van der Waals surface area contributed by atoms with Gasteiger partial charge >= 0.3 is 0 Å². The molecule has 0 spiro atoms. The zero-order valence-corrected chi connectivity index (χ0v) is 20.5. The number of nitrogens with zero attached hydrogens (tertiary/aromatic N) is 1. The molecule has 0 radical (unpaired) electrons. The third kappa shape index (κ3) is 5.52. The Bertz CT molecular complexity index is 1180. The average Bonchev–Trinajstić information content (AvgIpc) is 2.79. The first-order valence-corrected chi connectivity index (χ1v) is 11.5. The summed E-state index contributed by atoms with van der Waals surface area (Å²) in [4.78, 5) is 0. The van der Waals surface area contributed by atoms with Gasteiger partial charge in [0.25, 0.3) is 0 Å². The minimum atomic E-state index is 0.801. The topological polar surface area (TPSA) is 12.2 Å². The Hall–Kier alpha value is -2.69. The molecular weight excluding hydrogens is 514 g/mol. The Kier molecular flexibility index (Phi) is 6.69. The van der Waals surface area contributed by atoms with E-state index < -0.39 is 0 Å². The van der Waals surface area contributed by atoms with Crippen molar-refractivity contribution in [2.24, 2.45) is 0 Å². The van der Waals surface area contributed by atoms with E-state index in [1.165, 1.54) is 5.71 Å². The van der Waals surface area contributed by atoms with E-state index >= 15 is 0 Å². The molecule has 1 aliphatic heterocycles. The summed E-state index contributed by atoms with van der Waals surface area (Å²) < 4.78 is 10.5. The molecule has 2 aliphatic rings. The van der Waals surface area contributed by atoms with E-state index in [0.717, 1.165) is 42.7 Å². The van der Waals surface area contributed by atoms with Crippen LogP contribution < -0.4 is 0 Å². The second kappa shape index (κ2) is 9.63. The standard InChI is InChI=1S/C27H22Br2NO/c1-30(2)25-14-3-19(4-15-25)5-16-26-17-22(20-6-10-23(28)11-7-20)18-27(31-26)21-8-12-24(29)13-9-21/h3-18H,1-2H3/q+1. The van der Waals surface area contributed by atoms with Gasteiger partial charge < -0.3 is 4.74 Å². The molecule has 4 heteroatoms. The number of rotatable bonds is 3. The van der Waals surface area contributed by atoms with Gasteiger partial charge in [-0.3, -0.25) is 0 Å². The molecule has 2 nitrogen and oxygen atoms in total. The Balaban J connectivity index is 1.69. The maximum Gasteiger partial charge on any atom is 0.199 e. The molecule has 0 unspecified atom stereocenters. The second-order valence-corrected chi connectivity index (χ2v) is 9.28. The summed E-state index contributed by atoms with van der Waals surface area (Å²) in [6.07, 6.45) is 16.7. The highest BCUT2D eigenvalue weighted by Crippen LogP contribution is 2.32. The molecule has 0 saturated heterocycles. The third-order valence-corrected chi connectivity index (χ3v) is 6.03. The smallest absolute Gasteiger partial charge is 0.199 e. The number of halogens is 2. The maximum atomic E-state index is 6.25. The number of allylic oxidation sites excluding steroid dienone is 10. The van der Waals surface area contributed by atoms with Crippen molar-refractivity contribution in [2.75, 3.05) is 14.1 Å². The van der Waals surface area contributed by atoms with Crippen molar-refractivity contribution in [1.82, 2.24) is 0 Å². The zero-order valence-electron chi connectivity index (χ0n) is 17.3. The van der Waals surface area contributed by atoms with E-state index in [-0.39, 0.29) is 0 Å². The van der Waals surface area contributed by atoms with Crippen LogP contribution in [0.15, 0.2) is 117 Å². The van der Waals surface area contributed by atoms with Crippen LogP contribution in [0.2, 0.25) is 0 Å². The molecule has 0 amide bonds. The van der Waals surface area contributed by atoms with E-state index in [9.17, 15) is 0 Å². The molecule has 1 heterocycles. The molecule has 31 heavy (non-hydrogen) atoms. The largest absolute Gasteiger partial charge is 0.457 e. The molecule has 1 aliphatic carbocycles. The quantitative estimate of drug-likeness (QED) is 0.375. The molecule has 4 rings (SSSR count). The summed E-state index contributed by atoms with van der Waals surface area (Å²) >= 11 is 7.02. The van der Waals surface area contributed by atoms with Crippen LogP contribution in [0.1, 0.15) is 11.1 Å². The predicted molar refractivity (Wildman–Crippen MR) is 137 cm³/mol. The van der Waals surface area contributed by atoms with Crippen LogP contribution >= 0.6 is 31.9 Å². The van der Waals surface area contributed by atoms with Crippen LogP contribution in [0.4, 0.5) is 0 Å². The van der Waals surface area contributed by atoms with Gasteiger partial charge in [-0.2, -0.15) is 0 Å². The van der Waals surface area contributed by atoms with Crippen molar-refractivity contribution in [3.8, 4) is 0 Å². The Labute approximate surface area is 200 Å². The normalized spacial score (nSPS) is 16.7. The molecule has 2 aromatic carbocycles. The lowest BCUT2D eigenvalue weighted by molar-refractivity contribution is -0.462. The summed E-state index contributed by atoms with van der Waals surface area (Å²) in [5, 5.41) is 0. The van der Waals surface area contributed by atoms with E-state index in [1.807, 2.05) is 32.3 Å². The van der Waals surface area contributed by atoms with E-state index in [2.05, 4.69) is 115 Å². The summed E-state index contributed by atoms with van der Waals surface area (Å²) in [6.45, 7) is 0. The molecular formula is C27H22Br2NO+. The minimum Gasteiger partial charge on any atom is -0.457 e. The van der Waals surface area contributed by atoms with Gasteiger partial charge in [-0.25, -0.2) is 4.58 Å². The molecule has 0 atom stereocenters. The Morgan fingerprint density at radius 3 is 1.87 bits per heavy atom. The van der Waals surface area contributed by atoms with E-state index in [4.69, 9.17) is 4.74 Å². The third-order valence-electron chi connectivity index (χ3n) is 4.97. The van der Waals surface area contributed by atoms with Crippen LogP contribution in [0, 0.1) is 0 Å². The first kappa shape index (κ1) is 21.5. The monoisotopic (exact) mass is 534 g/mol. The van der Waals surface area contributed by atoms with Crippen LogP contribution in [0.25, 0.3) is 11.3 Å². The summed E-state index contributed by atoms with van der Waals surface area (Å²) in [5.74, 6) is 1.63. The first-order valence-electron chi connectivity index (χ1n) is 9.93. The molecule has 2 aromatic rings. The van der Waals surface area contributed by atoms with E-state index in [0.29, 0.717) is 0 Å². The number of benzene rings is 2. The van der Waals surface area contributed by atoms with Crippen LogP contribution in [-0.2, 0) is 4.74 Å². The van der Waals surface area contributed by atoms with Gasteiger partial charge in [-0.15, -0.1) is 0 Å². The molecule has 0 fully saturated rings. The lowest BCUT2D eigenvalue weighted by Gasteiger charge is -2.18. The van der Waals surface area contributed by atoms with Gasteiger partial charge in [0, 0.05) is 26.7 Å². The van der Waals surface area contributed by atoms with Crippen molar-refractivity contribution < 1.29 is 9.31 Å². The van der Waals surface area contributed by atoms with Crippen molar-refractivity contribution in [3.05, 3.63) is 129 Å². The van der Waals surface area contributed by atoms with Crippen LogP contribution in [0.5, 0.6) is 0 Å². The fraction of sp³-hybridized carbons (Fsp3) is 0.0741. The highest BCUT2D eigenvalue weighted by molar-refractivity contribution is 9.10. The lowest BCUT2D eigenvalue weighted by Crippen LogP contribution is -2.09. The lowest BCUT2D eigenvalue weighted by atomic mass is 10.0. The summed E-state index contributed by atoms with van der Waals surface area (Å²) in [6, 6.07) is 16.5. The number of hydrogen-bond acceptors (Lipinski definition) is 1. The molecule has 0 saturated carbocycles. The van der Waals surface area contributed by atoms with Gasteiger partial charge in [0.15, 0.2) is 5.71 Å². The van der Waals surface area contributed by atoms with Gasteiger partial charge in [-0.05, 0) is 71.4 Å². The predicted octanol–water partition coefficient (Wildman–Crippen LogP) is 7.32. The molecule has 0 N–H and O–H groups in total. The summed E-state index contributed by atoms with van der Waals surface area (Å²) in [5.41, 5.74) is 5.59. The summed E-state index contributed by atoms with van der Waals surface area (Å²) in [7, 11) is 4.09. The molecule has 0 bridgehead atoms. The maximum absolute atomic E-state index is 6.25. The number of hydrogen-bond donors (Lipinski definition) is 0. The highest BCUT2D eigenvalue weighted by Gasteiger charge is 2.14. The SMILES string of the molecule is C[N+](C)=C1C=CC(=CC=C2C=C(c3ccc(Br)cc3)C=C(c3ccc(Br)cc3)O2)C=C1. The van der Waals surface area contributed by atoms with Crippen molar-refractivity contribution in [1.29, 1.82) is 0 Å². The second-order valence-electron chi connectivity index (χ2n) is 7.45. The molecule has 0 aromatic heterocycles. The van der Waals surface area contributed by atoms with Crippen LogP contribution in [0.3, 0.4) is 0 Å². The fourth-order valence-electron chi connectivity index (χ4n) is 3.23. The van der Waals surface area contributed by atoms with Gasteiger partial charge in [0.05, 0.1) is 0 Å². The van der Waals surface area contributed by atoms with Gasteiger partial charge in [-0.1, -0.05) is 62.2 Å². The van der Waals surface area contributed by atoms with Crippen molar-refractivity contribution >= 4 is 48.9 Å². The van der Waals surface area contributed by atoms with Crippen molar-refractivity contribution in [3.63, 3.8) is 0 Å². The van der Waals surface area contributed by atoms with Gasteiger partial charge in [0.1, 0.15) is 25.6 Å². The van der Waals surface area contributed by atoms with E-state index in [1.54, 1.807) is 0 Å². The highest BCUT2D eigenvalue weighted by atomic mass is 79.9. The average molecular weight is 536 g/mol. The Morgan fingerprint density at radius 1 is 0.710 bits per heavy atom. The minimum absolute atomic E-state index is 0.801. The van der Waals surface area contributed by atoms with Crippen molar-refractivity contribution in [2.45, 2.75) is 0 Å².